The van der Waals surface area contributed by atoms with Crippen LogP contribution in [0.2, 0.25) is 5.02 Å². The Morgan fingerprint density at radius 3 is 2.52 bits per heavy atom. The van der Waals surface area contributed by atoms with Crippen LogP contribution in [0, 0.1) is 6.92 Å². The molecule has 4 rings (SSSR count). The molecule has 0 spiro atoms. The van der Waals surface area contributed by atoms with Crippen molar-refractivity contribution in [2.45, 2.75) is 76.9 Å². The smallest absolute Gasteiger partial charge is 0.318 e. The van der Waals surface area contributed by atoms with Crippen LogP contribution in [0.15, 0.2) is 24.3 Å². The van der Waals surface area contributed by atoms with Crippen molar-refractivity contribution in [1.82, 2.24) is 25.0 Å². The normalized spacial score (nSPS) is 20.6. The average molecular weight is 416 g/mol. The van der Waals surface area contributed by atoms with Crippen LogP contribution in [0.4, 0.5) is 4.79 Å². The molecule has 2 heterocycles. The maximum atomic E-state index is 13.1. The molecule has 1 saturated heterocycles. The van der Waals surface area contributed by atoms with Crippen LogP contribution in [-0.2, 0) is 6.54 Å². The molecule has 0 radical (unpaired) electrons. The minimum Gasteiger partial charge on any atom is -0.335 e. The fourth-order valence-electron chi connectivity index (χ4n) is 4.57. The highest BCUT2D eigenvalue weighted by atomic mass is 35.5. The van der Waals surface area contributed by atoms with Gasteiger partial charge < -0.3 is 14.8 Å². The van der Waals surface area contributed by atoms with Crippen LogP contribution in [0.5, 0.6) is 0 Å². The van der Waals surface area contributed by atoms with Gasteiger partial charge in [-0.3, -0.25) is 0 Å². The van der Waals surface area contributed by atoms with Gasteiger partial charge in [0.1, 0.15) is 5.82 Å². The number of halogens is 1. The van der Waals surface area contributed by atoms with E-state index in [2.05, 4.69) is 20.1 Å². The van der Waals surface area contributed by atoms with Gasteiger partial charge in [0.2, 0.25) is 0 Å². The Bertz CT molecular complexity index is 826. The van der Waals surface area contributed by atoms with Crippen molar-refractivity contribution in [2.24, 2.45) is 0 Å². The Morgan fingerprint density at radius 2 is 1.79 bits per heavy atom. The number of benzene rings is 1. The number of nitrogens with zero attached hydrogens (tertiary/aromatic N) is 4. The number of hydrogen-bond donors (Lipinski definition) is 1. The summed E-state index contributed by atoms with van der Waals surface area (Å²) in [6.45, 7) is 3.42. The van der Waals surface area contributed by atoms with Crippen LogP contribution < -0.4 is 5.32 Å². The molecule has 0 bridgehead atoms. The van der Waals surface area contributed by atoms with E-state index in [0.29, 0.717) is 12.6 Å². The summed E-state index contributed by atoms with van der Waals surface area (Å²) in [5.74, 6) is 1.75. The topological polar surface area (TPSA) is 63.1 Å². The number of amides is 2. The molecule has 29 heavy (non-hydrogen) atoms. The second kappa shape index (κ2) is 9.16. The zero-order chi connectivity index (χ0) is 20.2. The predicted molar refractivity (Wildman–Crippen MR) is 114 cm³/mol. The number of nitrogens with one attached hydrogen (secondary N) is 1. The molecule has 1 N–H and O–H groups in total. The molecule has 2 fully saturated rings. The third-order valence-corrected chi connectivity index (χ3v) is 6.46. The van der Waals surface area contributed by atoms with Gasteiger partial charge in [0.15, 0.2) is 5.82 Å². The van der Waals surface area contributed by atoms with E-state index in [0.717, 1.165) is 54.5 Å². The highest BCUT2D eigenvalue weighted by molar-refractivity contribution is 6.30. The number of carbonyl (C=O) groups excluding carboxylic acids is 1. The van der Waals surface area contributed by atoms with E-state index in [4.69, 9.17) is 11.6 Å². The number of likely N-dealkylation sites (tertiary alicyclic amines) is 1. The van der Waals surface area contributed by atoms with Gasteiger partial charge >= 0.3 is 6.03 Å². The van der Waals surface area contributed by atoms with Crippen molar-refractivity contribution in [2.75, 3.05) is 6.54 Å². The van der Waals surface area contributed by atoms with E-state index in [1.807, 2.05) is 36.1 Å². The van der Waals surface area contributed by atoms with E-state index < -0.39 is 0 Å². The lowest BCUT2D eigenvalue weighted by molar-refractivity contribution is 0.184. The number of carbonyl (C=O) groups is 1. The monoisotopic (exact) mass is 415 g/mol. The first kappa shape index (κ1) is 20.2. The minimum atomic E-state index is -0.0192. The second-order valence-electron chi connectivity index (χ2n) is 8.31. The van der Waals surface area contributed by atoms with Crippen molar-refractivity contribution in [3.63, 3.8) is 0 Å². The first-order valence-corrected chi connectivity index (χ1v) is 11.2. The lowest BCUT2D eigenvalue weighted by Crippen LogP contribution is -2.44. The molecule has 0 unspecified atom stereocenters. The largest absolute Gasteiger partial charge is 0.335 e. The molecule has 1 aromatic carbocycles. The molecule has 1 atom stereocenters. The number of rotatable bonds is 4. The van der Waals surface area contributed by atoms with Gasteiger partial charge in [0, 0.05) is 17.6 Å². The predicted octanol–water partition coefficient (Wildman–Crippen LogP) is 4.86. The zero-order valence-electron chi connectivity index (χ0n) is 17.1. The van der Waals surface area contributed by atoms with Crippen molar-refractivity contribution in [3.8, 4) is 0 Å². The van der Waals surface area contributed by atoms with Crippen molar-refractivity contribution < 1.29 is 4.79 Å². The molecule has 6 nitrogen and oxygen atoms in total. The molecule has 1 aliphatic carbocycles. The van der Waals surface area contributed by atoms with Crippen LogP contribution >= 0.6 is 11.6 Å². The maximum absolute atomic E-state index is 13.1. The first-order chi connectivity index (χ1) is 14.1. The Labute approximate surface area is 177 Å². The van der Waals surface area contributed by atoms with E-state index in [1.54, 1.807) is 0 Å². The third kappa shape index (κ3) is 4.74. The molecular weight excluding hydrogens is 386 g/mol. The van der Waals surface area contributed by atoms with Gasteiger partial charge in [0.25, 0.3) is 0 Å². The summed E-state index contributed by atoms with van der Waals surface area (Å²) in [6.07, 6.45) is 9.10. The summed E-state index contributed by atoms with van der Waals surface area (Å²) in [7, 11) is 0. The summed E-state index contributed by atoms with van der Waals surface area (Å²) in [5, 5.41) is 12.8. The summed E-state index contributed by atoms with van der Waals surface area (Å²) in [5.41, 5.74) is 1.14. The molecule has 1 aromatic heterocycles. The number of aromatic nitrogens is 3. The van der Waals surface area contributed by atoms with E-state index >= 15 is 0 Å². The average Bonchev–Trinajstić information content (AvgIpc) is 3.24. The van der Waals surface area contributed by atoms with Crippen LogP contribution in [0.25, 0.3) is 0 Å². The second-order valence-corrected chi connectivity index (χ2v) is 8.74. The molecule has 7 heteroatoms. The number of aryl methyl sites for hydroxylation is 1. The summed E-state index contributed by atoms with van der Waals surface area (Å²) in [6, 6.07) is 8.19. The summed E-state index contributed by atoms with van der Waals surface area (Å²) in [4.78, 5) is 15.0. The molecule has 2 amide bonds. The standard InChI is InChI=1S/C22H30ClN5O/c1-16-25-26-21(28(16)15-17-10-12-18(23)13-11-17)20-9-6-14-27(20)22(29)24-19-7-4-2-3-5-8-19/h10-13,19-20H,2-9,14-15H2,1H3,(H,24,29)/t20-/m1/s1. The SMILES string of the molecule is Cc1nnc([C@H]2CCCN2C(=O)NC2CCCCCC2)n1Cc1ccc(Cl)cc1. The molecule has 2 aromatic rings. The highest BCUT2D eigenvalue weighted by Gasteiger charge is 2.34. The number of urea groups is 1. The third-order valence-electron chi connectivity index (χ3n) is 6.21. The van der Waals surface area contributed by atoms with Gasteiger partial charge in [-0.1, -0.05) is 49.4 Å². The van der Waals surface area contributed by atoms with Gasteiger partial charge in [-0.25, -0.2) is 4.79 Å². The van der Waals surface area contributed by atoms with Crippen LogP contribution in [0.1, 0.15) is 74.6 Å². The molecular formula is C22H30ClN5O. The number of hydrogen-bond acceptors (Lipinski definition) is 3. The van der Waals surface area contributed by atoms with Gasteiger partial charge in [0.05, 0.1) is 12.6 Å². The minimum absolute atomic E-state index is 0.0192. The fourth-order valence-corrected chi connectivity index (χ4v) is 4.70. The first-order valence-electron chi connectivity index (χ1n) is 10.8. The van der Waals surface area contributed by atoms with Crippen LogP contribution in [0.3, 0.4) is 0 Å². The molecule has 156 valence electrons. The van der Waals surface area contributed by atoms with Gasteiger partial charge in [-0.15, -0.1) is 10.2 Å². The Hall–Kier alpha value is -2.08. The Kier molecular flexibility index (Phi) is 6.38. The lowest BCUT2D eigenvalue weighted by atomic mass is 10.1. The van der Waals surface area contributed by atoms with Crippen molar-refractivity contribution >= 4 is 17.6 Å². The lowest BCUT2D eigenvalue weighted by Gasteiger charge is -2.27. The van der Waals surface area contributed by atoms with E-state index in [-0.39, 0.29) is 12.1 Å². The van der Waals surface area contributed by atoms with E-state index in [1.165, 1.54) is 25.7 Å². The summed E-state index contributed by atoms with van der Waals surface area (Å²) >= 11 is 6.02. The van der Waals surface area contributed by atoms with E-state index in [9.17, 15) is 4.79 Å². The maximum Gasteiger partial charge on any atom is 0.318 e. The fraction of sp³-hybridized carbons (Fsp3) is 0.591. The molecule has 1 aliphatic heterocycles. The van der Waals surface area contributed by atoms with Gasteiger partial charge in [-0.2, -0.15) is 0 Å². The highest BCUT2D eigenvalue weighted by Crippen LogP contribution is 2.32. The molecule has 1 saturated carbocycles. The Morgan fingerprint density at radius 1 is 1.07 bits per heavy atom. The zero-order valence-corrected chi connectivity index (χ0v) is 17.9. The Balaban J connectivity index is 1.49. The summed E-state index contributed by atoms with van der Waals surface area (Å²) < 4.78 is 2.13. The quantitative estimate of drug-likeness (QED) is 0.725. The van der Waals surface area contributed by atoms with Crippen molar-refractivity contribution in [1.29, 1.82) is 0 Å². The van der Waals surface area contributed by atoms with Crippen LogP contribution in [-0.4, -0.2) is 38.3 Å². The van der Waals surface area contributed by atoms with Crippen molar-refractivity contribution in [3.05, 3.63) is 46.5 Å². The van der Waals surface area contributed by atoms with Gasteiger partial charge in [-0.05, 0) is 50.3 Å². The molecule has 2 aliphatic rings.